The lowest BCUT2D eigenvalue weighted by Gasteiger charge is -1.99. The molecule has 2 N–H and O–H groups in total. The maximum Gasteiger partial charge on any atom is 0.260 e. The molecule has 0 radical (unpaired) electrons. The van der Waals surface area contributed by atoms with Gasteiger partial charge in [0.1, 0.15) is 5.82 Å². The molecule has 3 aromatic rings. The fourth-order valence-corrected chi connectivity index (χ4v) is 2.57. The molecule has 0 spiro atoms. The van der Waals surface area contributed by atoms with Crippen LogP contribution in [0.5, 0.6) is 0 Å². The summed E-state index contributed by atoms with van der Waals surface area (Å²) in [6.07, 6.45) is 0. The summed E-state index contributed by atoms with van der Waals surface area (Å²) in [5, 5.41) is 7.85. The van der Waals surface area contributed by atoms with Crippen LogP contribution in [0.2, 0.25) is 0 Å². The third-order valence-electron chi connectivity index (χ3n) is 2.77. The minimum atomic E-state index is -0.393. The Morgan fingerprint density at radius 2 is 2.11 bits per heavy atom. The van der Waals surface area contributed by atoms with Gasteiger partial charge < -0.3 is 10.3 Å². The van der Waals surface area contributed by atoms with E-state index in [0.29, 0.717) is 17.1 Å². The summed E-state index contributed by atoms with van der Waals surface area (Å²) >= 11 is 1.57. The molecule has 0 amide bonds. The van der Waals surface area contributed by atoms with Crippen molar-refractivity contribution in [3.8, 4) is 22.8 Å². The standard InChI is InChI=1S/C13H10FN3OS/c1-7-5-19-6-10(7)12-16-13(18-17-12)9-4-8(14)2-3-11(9)15/h2-6H,15H2,1H3. The number of aryl methyl sites for hydroxylation is 1. The summed E-state index contributed by atoms with van der Waals surface area (Å²) in [6.45, 7) is 1.97. The van der Waals surface area contributed by atoms with Crippen molar-refractivity contribution < 1.29 is 8.91 Å². The first-order chi connectivity index (χ1) is 9.15. The third kappa shape index (κ3) is 2.10. The topological polar surface area (TPSA) is 64.9 Å². The van der Waals surface area contributed by atoms with Gasteiger partial charge in [-0.15, -0.1) is 0 Å². The summed E-state index contributed by atoms with van der Waals surface area (Å²) < 4.78 is 18.4. The van der Waals surface area contributed by atoms with Crippen molar-refractivity contribution >= 4 is 17.0 Å². The normalized spacial score (nSPS) is 10.8. The van der Waals surface area contributed by atoms with Gasteiger partial charge in [0, 0.05) is 16.6 Å². The second-order valence-corrected chi connectivity index (χ2v) is 4.87. The van der Waals surface area contributed by atoms with E-state index in [1.165, 1.54) is 18.2 Å². The van der Waals surface area contributed by atoms with E-state index in [1.807, 2.05) is 17.7 Å². The molecule has 0 fully saturated rings. The highest BCUT2D eigenvalue weighted by atomic mass is 32.1. The Morgan fingerprint density at radius 1 is 1.26 bits per heavy atom. The van der Waals surface area contributed by atoms with Gasteiger partial charge in [0.25, 0.3) is 5.89 Å². The summed E-state index contributed by atoms with van der Waals surface area (Å²) in [5.74, 6) is 0.311. The summed E-state index contributed by atoms with van der Waals surface area (Å²) in [5.41, 5.74) is 8.58. The first-order valence-corrected chi connectivity index (χ1v) is 6.51. The highest BCUT2D eigenvalue weighted by molar-refractivity contribution is 7.08. The van der Waals surface area contributed by atoms with Crippen LogP contribution in [-0.2, 0) is 0 Å². The number of anilines is 1. The number of aromatic nitrogens is 2. The molecule has 3 rings (SSSR count). The largest absolute Gasteiger partial charge is 0.398 e. The van der Waals surface area contributed by atoms with E-state index >= 15 is 0 Å². The van der Waals surface area contributed by atoms with Crippen molar-refractivity contribution in [2.75, 3.05) is 5.73 Å². The number of hydrogen-bond donors (Lipinski definition) is 1. The SMILES string of the molecule is Cc1cscc1-c1noc(-c2cc(F)ccc2N)n1. The smallest absolute Gasteiger partial charge is 0.260 e. The fraction of sp³-hybridized carbons (Fsp3) is 0.0769. The van der Waals surface area contributed by atoms with Gasteiger partial charge in [-0.25, -0.2) is 4.39 Å². The van der Waals surface area contributed by atoms with Crippen molar-refractivity contribution in [1.82, 2.24) is 10.1 Å². The Labute approximate surface area is 112 Å². The van der Waals surface area contributed by atoms with E-state index < -0.39 is 5.82 Å². The monoisotopic (exact) mass is 275 g/mol. The van der Waals surface area contributed by atoms with Gasteiger partial charge in [-0.1, -0.05) is 5.16 Å². The predicted molar refractivity (Wildman–Crippen MR) is 72.2 cm³/mol. The van der Waals surface area contributed by atoms with Gasteiger partial charge in [-0.3, -0.25) is 0 Å². The summed E-state index contributed by atoms with van der Waals surface area (Å²) in [6, 6.07) is 4.05. The van der Waals surface area contributed by atoms with Crippen LogP contribution in [-0.4, -0.2) is 10.1 Å². The molecule has 0 bridgehead atoms. The van der Waals surface area contributed by atoms with E-state index in [-0.39, 0.29) is 5.89 Å². The molecule has 0 unspecified atom stereocenters. The van der Waals surface area contributed by atoms with E-state index in [9.17, 15) is 4.39 Å². The van der Waals surface area contributed by atoms with Crippen molar-refractivity contribution in [2.45, 2.75) is 6.92 Å². The highest BCUT2D eigenvalue weighted by Crippen LogP contribution is 2.29. The second kappa shape index (κ2) is 4.47. The second-order valence-electron chi connectivity index (χ2n) is 4.12. The lowest BCUT2D eigenvalue weighted by atomic mass is 10.1. The number of thiophene rings is 1. The van der Waals surface area contributed by atoms with Gasteiger partial charge in [0.2, 0.25) is 5.82 Å². The van der Waals surface area contributed by atoms with E-state index in [0.717, 1.165) is 11.1 Å². The van der Waals surface area contributed by atoms with Crippen LogP contribution in [0, 0.1) is 12.7 Å². The molecule has 0 aliphatic carbocycles. The Hall–Kier alpha value is -2.21. The van der Waals surface area contributed by atoms with Crippen molar-refractivity contribution in [1.29, 1.82) is 0 Å². The van der Waals surface area contributed by atoms with Gasteiger partial charge in [-0.05, 0) is 36.1 Å². The van der Waals surface area contributed by atoms with Gasteiger partial charge in [-0.2, -0.15) is 16.3 Å². The molecule has 4 nitrogen and oxygen atoms in total. The highest BCUT2D eigenvalue weighted by Gasteiger charge is 2.15. The lowest BCUT2D eigenvalue weighted by molar-refractivity contribution is 0.432. The lowest BCUT2D eigenvalue weighted by Crippen LogP contribution is -1.91. The maximum atomic E-state index is 13.2. The Balaban J connectivity index is 2.06. The molecule has 6 heteroatoms. The minimum Gasteiger partial charge on any atom is -0.398 e. The predicted octanol–water partition coefficient (Wildman–Crippen LogP) is 3.49. The van der Waals surface area contributed by atoms with Crippen LogP contribution >= 0.6 is 11.3 Å². The van der Waals surface area contributed by atoms with E-state index in [1.54, 1.807) is 11.3 Å². The number of benzene rings is 1. The first kappa shape index (κ1) is 11.9. The van der Waals surface area contributed by atoms with Gasteiger partial charge >= 0.3 is 0 Å². The van der Waals surface area contributed by atoms with E-state index in [2.05, 4.69) is 10.1 Å². The van der Waals surface area contributed by atoms with Crippen molar-refractivity contribution in [2.24, 2.45) is 0 Å². The van der Waals surface area contributed by atoms with Crippen molar-refractivity contribution in [3.63, 3.8) is 0 Å². The summed E-state index contributed by atoms with van der Waals surface area (Å²) in [4.78, 5) is 4.27. The molecule has 0 aliphatic heterocycles. The maximum absolute atomic E-state index is 13.2. The molecule has 0 aliphatic rings. The number of nitrogens with zero attached hydrogens (tertiary/aromatic N) is 2. The number of hydrogen-bond acceptors (Lipinski definition) is 5. The van der Waals surface area contributed by atoms with E-state index in [4.69, 9.17) is 10.3 Å². The zero-order chi connectivity index (χ0) is 13.4. The molecule has 19 heavy (non-hydrogen) atoms. The fourth-order valence-electron chi connectivity index (χ4n) is 1.75. The average molecular weight is 275 g/mol. The van der Waals surface area contributed by atoms with Gasteiger partial charge in [0.05, 0.1) is 5.56 Å². The summed E-state index contributed by atoms with van der Waals surface area (Å²) in [7, 11) is 0. The molecule has 1 aromatic carbocycles. The molecule has 2 aromatic heterocycles. The molecule has 0 saturated heterocycles. The Morgan fingerprint density at radius 3 is 2.84 bits per heavy atom. The molecule has 2 heterocycles. The van der Waals surface area contributed by atoms with Crippen LogP contribution in [0.25, 0.3) is 22.8 Å². The molecular weight excluding hydrogens is 265 g/mol. The van der Waals surface area contributed by atoms with Crippen LogP contribution < -0.4 is 5.73 Å². The first-order valence-electron chi connectivity index (χ1n) is 5.57. The van der Waals surface area contributed by atoms with Crippen LogP contribution in [0.15, 0.2) is 33.5 Å². The van der Waals surface area contributed by atoms with Gasteiger partial charge in [0.15, 0.2) is 0 Å². The zero-order valence-electron chi connectivity index (χ0n) is 10.1. The minimum absolute atomic E-state index is 0.220. The van der Waals surface area contributed by atoms with Crippen LogP contribution in [0.3, 0.4) is 0 Å². The number of nitrogens with two attached hydrogens (primary N) is 1. The number of halogens is 1. The Kier molecular flexibility index (Phi) is 2.79. The average Bonchev–Trinajstić information content (AvgIpc) is 3.00. The molecule has 0 atom stereocenters. The van der Waals surface area contributed by atoms with Crippen molar-refractivity contribution in [3.05, 3.63) is 40.3 Å². The van der Waals surface area contributed by atoms with Crippen LogP contribution in [0.4, 0.5) is 10.1 Å². The zero-order valence-corrected chi connectivity index (χ0v) is 10.9. The molecule has 0 saturated carbocycles. The third-order valence-corrected chi connectivity index (χ3v) is 3.63. The molecule has 96 valence electrons. The quantitative estimate of drug-likeness (QED) is 0.727. The number of rotatable bonds is 2. The number of nitrogen functional groups attached to an aromatic ring is 1. The van der Waals surface area contributed by atoms with Crippen LogP contribution in [0.1, 0.15) is 5.56 Å². The Bertz CT molecular complexity index is 735. The molecular formula is C13H10FN3OS.